The first kappa shape index (κ1) is 20.4. The van der Waals surface area contributed by atoms with Crippen LogP contribution in [0, 0.1) is 0 Å². The Morgan fingerprint density at radius 3 is 2.33 bits per heavy atom. The van der Waals surface area contributed by atoms with Gasteiger partial charge in [0.2, 0.25) is 5.91 Å². The molecule has 2 aromatic rings. The van der Waals surface area contributed by atoms with Gasteiger partial charge in [-0.3, -0.25) is 23.5 Å². The van der Waals surface area contributed by atoms with E-state index in [0.29, 0.717) is 36.8 Å². The lowest BCUT2D eigenvalue weighted by molar-refractivity contribution is -0.137. The van der Waals surface area contributed by atoms with E-state index in [1.807, 2.05) is 12.1 Å². The quantitative estimate of drug-likeness (QED) is 0.580. The minimum Gasteiger partial charge on any atom is -0.481 e. The molecule has 0 fully saturated rings. The lowest BCUT2D eigenvalue weighted by Gasteiger charge is -2.15. The van der Waals surface area contributed by atoms with Gasteiger partial charge in [0, 0.05) is 19.4 Å². The molecule has 1 heterocycles. The van der Waals surface area contributed by atoms with Gasteiger partial charge in [-0.1, -0.05) is 18.6 Å². The Morgan fingerprint density at radius 1 is 1.07 bits per heavy atom. The van der Waals surface area contributed by atoms with Crippen LogP contribution >= 0.6 is 0 Å². The standard InChI is InChI=1S/C19H25N3O5/c1-13(23)14(10-11-17(20)24)22-16-8-5-4-7-15(16)21(19(22)27)12-6-2-3-9-18(25)26/h4-5,7-8,14H,2-3,6,9-12H2,1H3,(H2,20,24)(H,25,26). The highest BCUT2D eigenvalue weighted by Crippen LogP contribution is 2.22. The number of hydrogen-bond acceptors (Lipinski definition) is 4. The van der Waals surface area contributed by atoms with Crippen molar-refractivity contribution in [3.63, 3.8) is 0 Å². The summed E-state index contributed by atoms with van der Waals surface area (Å²) >= 11 is 0. The van der Waals surface area contributed by atoms with Crippen molar-refractivity contribution >= 4 is 28.7 Å². The monoisotopic (exact) mass is 375 g/mol. The molecule has 0 aliphatic heterocycles. The SMILES string of the molecule is CC(=O)C(CCC(N)=O)n1c(=O)n(CCCCCC(=O)O)c2ccccc21. The van der Waals surface area contributed by atoms with E-state index in [0.717, 1.165) is 0 Å². The fourth-order valence-electron chi connectivity index (χ4n) is 3.27. The molecular formula is C19H25N3O5. The Bertz CT molecular complexity index is 896. The largest absolute Gasteiger partial charge is 0.481 e. The van der Waals surface area contributed by atoms with E-state index in [1.54, 1.807) is 16.7 Å². The maximum Gasteiger partial charge on any atom is 0.329 e. The maximum absolute atomic E-state index is 13.0. The number of carboxylic acids is 1. The van der Waals surface area contributed by atoms with Crippen molar-refractivity contribution in [2.45, 2.75) is 58.0 Å². The molecule has 1 unspecified atom stereocenters. The number of para-hydroxylation sites is 2. The van der Waals surface area contributed by atoms with Crippen LogP contribution in [0.4, 0.5) is 0 Å². The average Bonchev–Trinajstić information content (AvgIpc) is 2.87. The third kappa shape index (κ3) is 5.06. The van der Waals surface area contributed by atoms with Crippen molar-refractivity contribution in [1.82, 2.24) is 9.13 Å². The van der Waals surface area contributed by atoms with E-state index in [-0.39, 0.29) is 30.7 Å². The number of rotatable bonds is 11. The number of carboxylic acid groups (broad SMARTS) is 1. The summed E-state index contributed by atoms with van der Waals surface area (Å²) in [6.07, 6.45) is 2.21. The zero-order valence-electron chi connectivity index (χ0n) is 15.4. The summed E-state index contributed by atoms with van der Waals surface area (Å²) in [5, 5.41) is 8.70. The van der Waals surface area contributed by atoms with Crippen LogP contribution in [0.3, 0.4) is 0 Å². The summed E-state index contributed by atoms with van der Waals surface area (Å²) in [5.74, 6) is -1.55. The number of carbonyl (C=O) groups is 3. The van der Waals surface area contributed by atoms with Gasteiger partial charge in [-0.2, -0.15) is 0 Å². The molecule has 1 aromatic heterocycles. The van der Waals surface area contributed by atoms with E-state index >= 15 is 0 Å². The van der Waals surface area contributed by atoms with Crippen LogP contribution < -0.4 is 11.4 Å². The van der Waals surface area contributed by atoms with E-state index in [2.05, 4.69) is 0 Å². The van der Waals surface area contributed by atoms with Gasteiger partial charge in [0.25, 0.3) is 0 Å². The molecule has 0 radical (unpaired) electrons. The molecule has 3 N–H and O–H groups in total. The van der Waals surface area contributed by atoms with Crippen LogP contribution in [0.25, 0.3) is 11.0 Å². The van der Waals surface area contributed by atoms with Crippen LogP contribution in [0.5, 0.6) is 0 Å². The molecule has 2 rings (SSSR count). The van der Waals surface area contributed by atoms with Gasteiger partial charge >= 0.3 is 11.7 Å². The van der Waals surface area contributed by atoms with Crippen molar-refractivity contribution < 1.29 is 19.5 Å². The summed E-state index contributed by atoms with van der Waals surface area (Å²) < 4.78 is 3.05. The number of primary amides is 1. The molecule has 146 valence electrons. The van der Waals surface area contributed by atoms with E-state index in [1.165, 1.54) is 11.5 Å². The number of ketones is 1. The second kappa shape index (κ2) is 9.16. The number of benzene rings is 1. The number of aromatic nitrogens is 2. The molecule has 1 atom stereocenters. The minimum atomic E-state index is -0.831. The van der Waals surface area contributed by atoms with Gasteiger partial charge in [-0.05, 0) is 38.3 Å². The number of nitrogens with zero attached hydrogens (tertiary/aromatic N) is 2. The number of aliphatic carboxylic acids is 1. The van der Waals surface area contributed by atoms with Crippen LogP contribution in [0.1, 0.15) is 51.5 Å². The summed E-state index contributed by atoms with van der Waals surface area (Å²) in [6, 6.07) is 6.45. The molecule has 1 aromatic carbocycles. The topological polar surface area (TPSA) is 124 Å². The molecule has 0 aliphatic rings. The van der Waals surface area contributed by atoms with Gasteiger partial charge in [-0.25, -0.2) is 4.79 Å². The van der Waals surface area contributed by atoms with Crippen LogP contribution in [0.15, 0.2) is 29.1 Å². The number of Topliss-reactive ketones (excluding diaryl/α,β-unsaturated/α-hetero) is 1. The van der Waals surface area contributed by atoms with Crippen molar-refractivity contribution in [1.29, 1.82) is 0 Å². The lowest BCUT2D eigenvalue weighted by atomic mass is 10.1. The van der Waals surface area contributed by atoms with E-state index in [4.69, 9.17) is 10.8 Å². The molecule has 0 bridgehead atoms. The number of carbonyl (C=O) groups excluding carboxylic acids is 2. The second-order valence-electron chi connectivity index (χ2n) is 6.63. The number of unbranched alkanes of at least 4 members (excludes halogenated alkanes) is 2. The summed E-state index contributed by atoms with van der Waals surface area (Å²) in [7, 11) is 0. The van der Waals surface area contributed by atoms with Gasteiger partial charge in [0.05, 0.1) is 17.1 Å². The number of nitrogens with two attached hydrogens (primary N) is 1. The summed E-state index contributed by atoms with van der Waals surface area (Å²) in [6.45, 7) is 1.84. The third-order valence-electron chi connectivity index (χ3n) is 4.59. The number of amides is 1. The Kier molecular flexibility index (Phi) is 6.92. The number of aryl methyl sites for hydroxylation is 1. The minimum absolute atomic E-state index is 0.0192. The maximum atomic E-state index is 13.0. The molecule has 0 saturated carbocycles. The first-order valence-electron chi connectivity index (χ1n) is 9.03. The van der Waals surface area contributed by atoms with Crippen LogP contribution in [-0.2, 0) is 20.9 Å². The number of hydrogen-bond donors (Lipinski definition) is 2. The van der Waals surface area contributed by atoms with Crippen molar-refractivity contribution in [2.24, 2.45) is 5.73 Å². The molecular weight excluding hydrogens is 350 g/mol. The number of imidazole rings is 1. The molecule has 1 amide bonds. The van der Waals surface area contributed by atoms with Crippen molar-refractivity contribution in [2.75, 3.05) is 0 Å². The highest BCUT2D eigenvalue weighted by molar-refractivity contribution is 5.84. The van der Waals surface area contributed by atoms with E-state index < -0.39 is 17.9 Å². The Labute approximate surface area is 156 Å². The van der Waals surface area contributed by atoms with Gasteiger partial charge in [-0.15, -0.1) is 0 Å². The summed E-state index contributed by atoms with van der Waals surface area (Å²) in [4.78, 5) is 46.9. The second-order valence-corrected chi connectivity index (χ2v) is 6.63. The Balaban J connectivity index is 2.32. The average molecular weight is 375 g/mol. The van der Waals surface area contributed by atoms with Crippen molar-refractivity contribution in [3.8, 4) is 0 Å². The first-order chi connectivity index (χ1) is 12.8. The predicted octanol–water partition coefficient (Wildman–Crippen LogP) is 1.84. The first-order valence-corrected chi connectivity index (χ1v) is 9.03. The van der Waals surface area contributed by atoms with Crippen LogP contribution in [-0.4, -0.2) is 31.9 Å². The highest BCUT2D eigenvalue weighted by atomic mass is 16.4. The van der Waals surface area contributed by atoms with Crippen molar-refractivity contribution in [3.05, 3.63) is 34.7 Å². The van der Waals surface area contributed by atoms with Gasteiger partial charge < -0.3 is 10.8 Å². The molecule has 0 saturated heterocycles. The zero-order valence-corrected chi connectivity index (χ0v) is 15.4. The normalized spacial score (nSPS) is 12.2. The summed E-state index contributed by atoms with van der Waals surface area (Å²) in [5.41, 5.74) is 6.25. The predicted molar refractivity (Wildman–Crippen MR) is 100 cm³/mol. The highest BCUT2D eigenvalue weighted by Gasteiger charge is 2.24. The smallest absolute Gasteiger partial charge is 0.329 e. The van der Waals surface area contributed by atoms with Gasteiger partial charge in [0.1, 0.15) is 0 Å². The molecule has 0 spiro atoms. The molecule has 8 heteroatoms. The molecule has 0 aliphatic carbocycles. The van der Waals surface area contributed by atoms with Gasteiger partial charge in [0.15, 0.2) is 5.78 Å². The van der Waals surface area contributed by atoms with Crippen LogP contribution in [0.2, 0.25) is 0 Å². The zero-order chi connectivity index (χ0) is 20.0. The lowest BCUT2D eigenvalue weighted by Crippen LogP contribution is -2.31. The third-order valence-corrected chi connectivity index (χ3v) is 4.59. The molecule has 8 nitrogen and oxygen atoms in total. The fourth-order valence-corrected chi connectivity index (χ4v) is 3.27. The fraction of sp³-hybridized carbons (Fsp3) is 0.474. The Morgan fingerprint density at radius 2 is 1.74 bits per heavy atom. The van der Waals surface area contributed by atoms with E-state index in [9.17, 15) is 19.2 Å². The molecule has 27 heavy (non-hydrogen) atoms. The number of fused-ring (bicyclic) bond motifs is 1. The Hall–Kier alpha value is -2.90.